The van der Waals surface area contributed by atoms with Crippen LogP contribution in [0.25, 0.3) is 0 Å². The van der Waals surface area contributed by atoms with Crippen molar-refractivity contribution < 1.29 is 13.5 Å². The highest BCUT2D eigenvalue weighted by molar-refractivity contribution is 7.92. The van der Waals surface area contributed by atoms with Gasteiger partial charge in [0.2, 0.25) is 0 Å². The third-order valence-electron chi connectivity index (χ3n) is 3.48. The molecule has 0 radical (unpaired) electrons. The lowest BCUT2D eigenvalue weighted by molar-refractivity contribution is -0.212. The van der Waals surface area contributed by atoms with Crippen LogP contribution < -0.4 is 9.41 Å². The number of tetrazole rings is 1. The molecule has 0 aliphatic rings. The Hall–Kier alpha value is -2.98. The van der Waals surface area contributed by atoms with E-state index in [1.807, 2.05) is 0 Å². The van der Waals surface area contributed by atoms with Crippen molar-refractivity contribution in [1.82, 2.24) is 20.6 Å². The Kier molecular flexibility index (Phi) is 4.87. The van der Waals surface area contributed by atoms with Gasteiger partial charge < -0.3 is 5.11 Å². The third kappa shape index (κ3) is 3.51. The number of rotatable bonds is 5. The lowest BCUT2D eigenvalue weighted by Gasteiger charge is -2.20. The van der Waals surface area contributed by atoms with Gasteiger partial charge in [-0.2, -0.15) is 5.21 Å². The first-order chi connectivity index (χ1) is 12.4. The molecular formula is C15H12ClN6O3S-. The van der Waals surface area contributed by atoms with Gasteiger partial charge in [-0.3, -0.25) is 4.31 Å². The summed E-state index contributed by atoms with van der Waals surface area (Å²) in [7, 11) is -2.47. The van der Waals surface area contributed by atoms with Gasteiger partial charge in [0.1, 0.15) is 0 Å². The molecular weight excluding hydrogens is 380 g/mol. The molecule has 2 aromatic carbocycles. The maximum absolute atomic E-state index is 12.8. The number of sulfonamides is 1. The molecule has 11 heteroatoms. The number of aromatic amines is 1. The zero-order valence-electron chi connectivity index (χ0n) is 13.4. The summed E-state index contributed by atoms with van der Waals surface area (Å²) in [5.74, 6) is -0.962. The predicted octanol–water partition coefficient (Wildman–Crippen LogP) is 1.12. The maximum atomic E-state index is 12.8. The van der Waals surface area contributed by atoms with E-state index < -0.39 is 15.9 Å². The summed E-state index contributed by atoms with van der Waals surface area (Å²) in [5, 5.41) is 24.9. The Labute approximate surface area is 154 Å². The van der Waals surface area contributed by atoms with Gasteiger partial charge in [-0.15, -0.1) is 5.10 Å². The van der Waals surface area contributed by atoms with E-state index in [0.29, 0.717) is 5.69 Å². The zero-order chi connectivity index (χ0) is 18.7. The van der Waals surface area contributed by atoms with Crippen LogP contribution in [0.2, 0.25) is 5.02 Å². The quantitative estimate of drug-likeness (QED) is 0.512. The number of H-pyrrole nitrogens is 1. The molecule has 3 aromatic rings. The Morgan fingerprint density at radius 1 is 1.23 bits per heavy atom. The highest BCUT2D eigenvalue weighted by atomic mass is 35.5. The Balaban J connectivity index is 2.01. The number of benzene rings is 2. The van der Waals surface area contributed by atoms with E-state index in [4.69, 9.17) is 11.6 Å². The van der Waals surface area contributed by atoms with Crippen molar-refractivity contribution in [3.8, 4) is 0 Å². The van der Waals surface area contributed by atoms with Gasteiger partial charge in [-0.05, 0) is 35.5 Å². The predicted molar refractivity (Wildman–Crippen MR) is 93.9 cm³/mol. The number of aromatic nitrogens is 4. The molecule has 134 valence electrons. The van der Waals surface area contributed by atoms with Crippen molar-refractivity contribution in [2.45, 2.75) is 4.90 Å². The molecule has 9 nitrogen and oxygen atoms in total. The van der Waals surface area contributed by atoms with Gasteiger partial charge in [-0.25, -0.2) is 13.4 Å². The molecule has 0 saturated carbocycles. The topological polar surface area (TPSA) is 127 Å². The molecule has 1 N–H and O–H groups in total. The fourth-order valence-corrected chi connectivity index (χ4v) is 3.54. The SMILES string of the molecule is CN(c1ccccc1)S(=O)(=O)c1ccc(Cl)c(C([O-])=Nc2nn[nH]n2)c1. The summed E-state index contributed by atoms with van der Waals surface area (Å²) in [6.45, 7) is 0. The zero-order valence-corrected chi connectivity index (χ0v) is 14.9. The molecule has 1 aromatic heterocycles. The fraction of sp³-hybridized carbons (Fsp3) is 0.0667. The Morgan fingerprint density at radius 3 is 2.62 bits per heavy atom. The van der Waals surface area contributed by atoms with Crippen molar-refractivity contribution in [1.29, 1.82) is 0 Å². The standard InChI is InChI=1S/C15H13ClN6O3S/c1-22(10-5-3-2-4-6-10)26(24,25)11-7-8-13(16)12(9-11)14(23)17-15-18-20-21-19-15/h2-9H,1H3,(H2,17,18,19,20,21,23)/p-1. The lowest BCUT2D eigenvalue weighted by atomic mass is 10.2. The minimum atomic E-state index is -3.90. The van der Waals surface area contributed by atoms with Gasteiger partial charge in [0.05, 0.1) is 10.6 Å². The van der Waals surface area contributed by atoms with Crippen LogP contribution in [0.4, 0.5) is 11.6 Å². The number of halogens is 1. The molecule has 0 aliphatic carbocycles. The van der Waals surface area contributed by atoms with Crippen LogP contribution in [-0.4, -0.2) is 42.0 Å². The first kappa shape index (κ1) is 17.8. The number of hydrogen-bond donors (Lipinski definition) is 1. The first-order valence-electron chi connectivity index (χ1n) is 7.22. The summed E-state index contributed by atoms with van der Waals surface area (Å²) in [6.07, 6.45) is 0. The summed E-state index contributed by atoms with van der Waals surface area (Å²) >= 11 is 6.02. The average Bonchev–Trinajstić information content (AvgIpc) is 3.14. The van der Waals surface area contributed by atoms with E-state index >= 15 is 0 Å². The normalized spacial score (nSPS) is 12.2. The minimum Gasteiger partial charge on any atom is -0.858 e. The highest BCUT2D eigenvalue weighted by Gasteiger charge is 2.22. The van der Waals surface area contributed by atoms with Gasteiger partial charge in [-0.1, -0.05) is 34.9 Å². The van der Waals surface area contributed by atoms with Gasteiger partial charge in [0, 0.05) is 23.5 Å². The summed E-state index contributed by atoms with van der Waals surface area (Å²) < 4.78 is 26.8. The molecule has 1 heterocycles. The second-order valence-corrected chi connectivity index (χ2v) is 7.45. The largest absolute Gasteiger partial charge is 0.858 e. The van der Waals surface area contributed by atoms with Gasteiger partial charge in [0.25, 0.3) is 16.0 Å². The number of hydrogen-bond acceptors (Lipinski definition) is 7. The molecule has 26 heavy (non-hydrogen) atoms. The number of nitrogens with zero attached hydrogens (tertiary/aromatic N) is 5. The van der Waals surface area contributed by atoms with E-state index in [9.17, 15) is 13.5 Å². The monoisotopic (exact) mass is 391 g/mol. The summed E-state index contributed by atoms with van der Waals surface area (Å²) in [6, 6.07) is 12.4. The van der Waals surface area contributed by atoms with Crippen molar-refractivity contribution in [2.75, 3.05) is 11.4 Å². The van der Waals surface area contributed by atoms with E-state index in [2.05, 4.69) is 25.6 Å². The highest BCUT2D eigenvalue weighted by Crippen LogP contribution is 2.25. The van der Waals surface area contributed by atoms with Crippen molar-refractivity contribution in [3.05, 3.63) is 59.1 Å². The fourth-order valence-electron chi connectivity index (χ4n) is 2.12. The van der Waals surface area contributed by atoms with Gasteiger partial charge >= 0.3 is 0 Å². The van der Waals surface area contributed by atoms with Crippen LogP contribution in [0.3, 0.4) is 0 Å². The number of aliphatic imine (C=N–C) groups is 1. The molecule has 0 saturated heterocycles. The van der Waals surface area contributed by atoms with Crippen molar-refractivity contribution in [2.24, 2.45) is 4.99 Å². The Bertz CT molecular complexity index is 1040. The summed E-state index contributed by atoms with van der Waals surface area (Å²) in [4.78, 5) is 3.53. The van der Waals surface area contributed by atoms with Crippen LogP contribution >= 0.6 is 11.6 Å². The number of para-hydroxylation sites is 1. The van der Waals surface area contributed by atoms with Crippen LogP contribution in [0.1, 0.15) is 5.56 Å². The second-order valence-electron chi connectivity index (χ2n) is 5.08. The summed E-state index contributed by atoms with van der Waals surface area (Å²) in [5.41, 5.74) is 0.394. The molecule has 0 bridgehead atoms. The van der Waals surface area contributed by atoms with E-state index in [1.54, 1.807) is 30.3 Å². The lowest BCUT2D eigenvalue weighted by Crippen LogP contribution is -2.27. The third-order valence-corrected chi connectivity index (χ3v) is 5.59. The van der Waals surface area contributed by atoms with E-state index in [0.717, 1.165) is 4.31 Å². The number of nitrogens with one attached hydrogen (secondary N) is 1. The molecule has 3 rings (SSSR count). The van der Waals surface area contributed by atoms with Crippen molar-refractivity contribution in [3.63, 3.8) is 0 Å². The van der Waals surface area contributed by atoms with Crippen LogP contribution in [-0.2, 0) is 10.0 Å². The molecule has 0 atom stereocenters. The second kappa shape index (κ2) is 7.10. The van der Waals surface area contributed by atoms with Crippen LogP contribution in [0.5, 0.6) is 0 Å². The van der Waals surface area contributed by atoms with Gasteiger partial charge in [0.15, 0.2) is 0 Å². The molecule has 0 amide bonds. The van der Waals surface area contributed by atoms with Crippen LogP contribution in [0.15, 0.2) is 58.4 Å². The minimum absolute atomic E-state index is 0.0589. The average molecular weight is 392 g/mol. The smallest absolute Gasteiger partial charge is 0.288 e. The Morgan fingerprint density at radius 2 is 1.96 bits per heavy atom. The molecule has 0 fully saturated rings. The molecule has 0 unspecified atom stereocenters. The molecule has 0 aliphatic heterocycles. The van der Waals surface area contributed by atoms with Crippen molar-refractivity contribution >= 4 is 39.2 Å². The maximum Gasteiger partial charge on any atom is 0.288 e. The first-order valence-corrected chi connectivity index (χ1v) is 9.04. The van der Waals surface area contributed by atoms with E-state index in [-0.39, 0.29) is 21.4 Å². The molecule has 0 spiro atoms. The number of anilines is 1. The van der Waals surface area contributed by atoms with E-state index in [1.165, 1.54) is 25.2 Å². The van der Waals surface area contributed by atoms with Crippen LogP contribution in [0, 0.1) is 0 Å².